The van der Waals surface area contributed by atoms with E-state index >= 15 is 0 Å². The summed E-state index contributed by atoms with van der Waals surface area (Å²) in [5.74, 6) is -0.588. The number of aromatic nitrogens is 3. The summed E-state index contributed by atoms with van der Waals surface area (Å²) in [4.78, 5) is 0. The van der Waals surface area contributed by atoms with Gasteiger partial charge in [0.15, 0.2) is 5.76 Å². The van der Waals surface area contributed by atoms with Crippen LogP contribution in [-0.2, 0) is 14.3 Å². The van der Waals surface area contributed by atoms with Crippen molar-refractivity contribution in [2.45, 2.75) is 5.51 Å². The van der Waals surface area contributed by atoms with Gasteiger partial charge in [-0.2, -0.15) is 21.6 Å². The van der Waals surface area contributed by atoms with Gasteiger partial charge in [0.2, 0.25) is 0 Å². The van der Waals surface area contributed by atoms with Crippen LogP contribution < -0.4 is 0 Å². The highest BCUT2D eigenvalue weighted by atomic mass is 35.5. The molecule has 0 amide bonds. The van der Waals surface area contributed by atoms with E-state index in [0.717, 1.165) is 10.9 Å². The van der Waals surface area contributed by atoms with Crippen LogP contribution in [0.25, 0.3) is 23.0 Å². The van der Waals surface area contributed by atoms with E-state index in [1.165, 1.54) is 24.3 Å². The minimum atomic E-state index is -5.87. The zero-order valence-electron chi connectivity index (χ0n) is 12.7. The highest BCUT2D eigenvalue weighted by Crippen LogP contribution is 2.30. The van der Waals surface area contributed by atoms with Gasteiger partial charge in [-0.15, -0.1) is 5.10 Å². The van der Waals surface area contributed by atoms with Crippen LogP contribution in [0.3, 0.4) is 0 Å². The standard InChI is InChI=1S/C15H9ClF3N3O3S/c16-11-7-5-10(6-8-11)14(25-26(23,24)15(17,18)19)9-22-13-4-2-1-3-12(13)20-21-22/h1-9H/b14-9+. The molecule has 0 aliphatic carbocycles. The van der Waals surface area contributed by atoms with Crippen molar-refractivity contribution in [2.24, 2.45) is 0 Å². The fraction of sp³-hybridized carbons (Fsp3) is 0.0667. The summed E-state index contributed by atoms with van der Waals surface area (Å²) in [5, 5.41) is 7.94. The molecule has 0 saturated carbocycles. The summed E-state index contributed by atoms with van der Waals surface area (Å²) in [6.45, 7) is 0. The quantitative estimate of drug-likeness (QED) is 0.375. The number of para-hydroxylation sites is 1. The van der Waals surface area contributed by atoms with Crippen LogP contribution in [0.2, 0.25) is 5.02 Å². The highest BCUT2D eigenvalue weighted by molar-refractivity contribution is 7.87. The first kappa shape index (κ1) is 18.2. The van der Waals surface area contributed by atoms with Gasteiger partial charge in [0.1, 0.15) is 5.52 Å². The van der Waals surface area contributed by atoms with Crippen LogP contribution in [0.5, 0.6) is 0 Å². The Morgan fingerprint density at radius 3 is 2.42 bits per heavy atom. The number of hydrogen-bond donors (Lipinski definition) is 0. The van der Waals surface area contributed by atoms with Gasteiger partial charge in [-0.1, -0.05) is 28.9 Å². The normalized spacial score (nSPS) is 13.2. The maximum atomic E-state index is 12.7. The van der Waals surface area contributed by atoms with E-state index in [4.69, 9.17) is 11.6 Å². The van der Waals surface area contributed by atoms with Crippen LogP contribution in [0.1, 0.15) is 5.56 Å². The fourth-order valence-corrected chi connectivity index (χ4v) is 2.61. The van der Waals surface area contributed by atoms with Gasteiger partial charge in [-0.05, 0) is 36.4 Å². The lowest BCUT2D eigenvalue weighted by atomic mass is 10.2. The monoisotopic (exact) mass is 403 g/mol. The maximum absolute atomic E-state index is 12.7. The molecule has 6 nitrogen and oxygen atoms in total. The number of halogens is 4. The molecule has 136 valence electrons. The molecule has 0 saturated heterocycles. The van der Waals surface area contributed by atoms with Crippen LogP contribution in [0.15, 0.2) is 48.5 Å². The van der Waals surface area contributed by atoms with Crippen molar-refractivity contribution in [2.75, 3.05) is 0 Å². The van der Waals surface area contributed by atoms with E-state index in [1.54, 1.807) is 24.3 Å². The molecule has 0 bridgehead atoms. The lowest BCUT2D eigenvalue weighted by Crippen LogP contribution is -2.25. The van der Waals surface area contributed by atoms with Gasteiger partial charge in [0, 0.05) is 10.6 Å². The topological polar surface area (TPSA) is 74.1 Å². The molecule has 11 heteroatoms. The number of nitrogens with zero attached hydrogens (tertiary/aromatic N) is 3. The zero-order chi connectivity index (χ0) is 18.9. The van der Waals surface area contributed by atoms with Crippen molar-refractivity contribution in [1.29, 1.82) is 0 Å². The number of hydrogen-bond acceptors (Lipinski definition) is 5. The molecule has 0 fully saturated rings. The van der Waals surface area contributed by atoms with Gasteiger partial charge in [0.05, 0.1) is 11.7 Å². The first-order valence-corrected chi connectivity index (χ1v) is 8.74. The van der Waals surface area contributed by atoms with Gasteiger partial charge in [-0.3, -0.25) is 0 Å². The second-order valence-corrected chi connectivity index (χ2v) is 6.98. The molecule has 0 radical (unpaired) electrons. The molecule has 1 aromatic heterocycles. The molecule has 0 atom stereocenters. The van der Waals surface area contributed by atoms with Crippen LogP contribution in [0, 0.1) is 0 Å². The summed E-state index contributed by atoms with van der Waals surface area (Å²) < 4.78 is 66.4. The van der Waals surface area contributed by atoms with Crippen LogP contribution in [-0.4, -0.2) is 28.9 Å². The van der Waals surface area contributed by atoms with Crippen molar-refractivity contribution < 1.29 is 25.8 Å². The van der Waals surface area contributed by atoms with Gasteiger partial charge in [-0.25, -0.2) is 4.68 Å². The lowest BCUT2D eigenvalue weighted by molar-refractivity contribution is -0.0509. The molecule has 0 aliphatic rings. The number of alkyl halides is 3. The molecule has 3 rings (SSSR count). The predicted octanol–water partition coefficient (Wildman–Crippen LogP) is 3.91. The Bertz CT molecular complexity index is 1080. The van der Waals surface area contributed by atoms with E-state index in [0.29, 0.717) is 16.1 Å². The van der Waals surface area contributed by atoms with Crippen molar-refractivity contribution >= 4 is 44.7 Å². The largest absolute Gasteiger partial charge is 0.534 e. The van der Waals surface area contributed by atoms with E-state index < -0.39 is 21.4 Å². The molecule has 0 unspecified atom stereocenters. The molecule has 2 aromatic carbocycles. The SMILES string of the molecule is O=S(=O)(O/C(=C/n1nnc2ccccc21)c1ccc(Cl)cc1)C(F)(F)F. The lowest BCUT2D eigenvalue weighted by Gasteiger charge is -2.12. The number of benzene rings is 2. The zero-order valence-corrected chi connectivity index (χ0v) is 14.3. The molecule has 0 N–H and O–H groups in total. The average molecular weight is 404 g/mol. The average Bonchev–Trinajstić information content (AvgIpc) is 2.97. The summed E-state index contributed by atoms with van der Waals surface area (Å²) in [7, 11) is -5.87. The van der Waals surface area contributed by atoms with Crippen LogP contribution in [0.4, 0.5) is 13.2 Å². The Labute approximate surface area is 150 Å². The van der Waals surface area contributed by atoms with Crippen LogP contribution >= 0.6 is 11.6 Å². The van der Waals surface area contributed by atoms with Crippen molar-refractivity contribution in [3.63, 3.8) is 0 Å². The molecule has 3 aromatic rings. The molecular weight excluding hydrogens is 395 g/mol. The van der Waals surface area contributed by atoms with Crippen molar-refractivity contribution in [1.82, 2.24) is 15.0 Å². The number of fused-ring (bicyclic) bond motifs is 1. The van der Waals surface area contributed by atoms with E-state index in [1.807, 2.05) is 0 Å². The Balaban J connectivity index is 2.13. The Morgan fingerprint density at radius 2 is 1.77 bits per heavy atom. The van der Waals surface area contributed by atoms with E-state index in [-0.39, 0.29) is 5.56 Å². The molecule has 0 spiro atoms. The van der Waals surface area contributed by atoms with Gasteiger partial charge < -0.3 is 4.18 Å². The summed E-state index contributed by atoms with van der Waals surface area (Å²) in [5.41, 5.74) is -4.60. The minimum absolute atomic E-state index is 0.0572. The first-order valence-electron chi connectivity index (χ1n) is 6.96. The third kappa shape index (κ3) is 3.65. The molecular formula is C15H9ClF3N3O3S. The summed E-state index contributed by atoms with van der Waals surface area (Å²) in [6.07, 6.45) is 1.00. The van der Waals surface area contributed by atoms with E-state index in [9.17, 15) is 21.6 Å². The smallest absolute Gasteiger partial charge is 0.374 e. The third-order valence-corrected chi connectivity index (χ3v) is 4.45. The second-order valence-electron chi connectivity index (χ2n) is 5.01. The fourth-order valence-electron chi connectivity index (χ4n) is 2.02. The predicted molar refractivity (Wildman–Crippen MR) is 89.2 cm³/mol. The third-order valence-electron chi connectivity index (χ3n) is 3.23. The second kappa shape index (κ2) is 6.61. The summed E-state index contributed by atoms with van der Waals surface area (Å²) in [6, 6.07) is 12.0. The Kier molecular flexibility index (Phi) is 4.63. The Hall–Kier alpha value is -2.59. The molecule has 1 heterocycles. The van der Waals surface area contributed by atoms with Gasteiger partial charge in [0.25, 0.3) is 0 Å². The summed E-state index contributed by atoms with van der Waals surface area (Å²) >= 11 is 5.76. The van der Waals surface area contributed by atoms with Crippen molar-refractivity contribution in [3.8, 4) is 0 Å². The van der Waals surface area contributed by atoms with E-state index in [2.05, 4.69) is 14.5 Å². The highest BCUT2D eigenvalue weighted by Gasteiger charge is 2.49. The van der Waals surface area contributed by atoms with Gasteiger partial charge >= 0.3 is 15.6 Å². The Morgan fingerprint density at radius 1 is 1.12 bits per heavy atom. The molecule has 0 aliphatic heterocycles. The van der Waals surface area contributed by atoms with Crippen molar-refractivity contribution in [3.05, 3.63) is 59.1 Å². The maximum Gasteiger partial charge on any atom is 0.534 e. The first-order chi connectivity index (χ1) is 12.2. The minimum Gasteiger partial charge on any atom is -0.374 e. The number of rotatable bonds is 4. The molecule has 26 heavy (non-hydrogen) atoms.